The maximum absolute atomic E-state index is 12.4. The number of halogens is 5. The summed E-state index contributed by atoms with van der Waals surface area (Å²) in [4.78, 5) is 5.28. The van der Waals surface area contributed by atoms with E-state index >= 15 is 0 Å². The lowest BCUT2D eigenvalue weighted by Crippen LogP contribution is -2.05. The largest absolute Gasteiger partial charge is 0.310 e. The zero-order valence-corrected chi connectivity index (χ0v) is 8.40. The number of benzene rings is 1. The van der Waals surface area contributed by atoms with Crippen molar-refractivity contribution in [3.63, 3.8) is 0 Å². The summed E-state index contributed by atoms with van der Waals surface area (Å²) in [6, 6.07) is 1.50. The Labute approximate surface area is 86.9 Å². The predicted molar refractivity (Wildman–Crippen MR) is 50.9 cm³/mol. The second kappa shape index (κ2) is 2.45. The van der Waals surface area contributed by atoms with Crippen LogP contribution in [-0.2, 0) is 0 Å². The Morgan fingerprint density at radius 3 is 1.94 bits per heavy atom. The van der Waals surface area contributed by atoms with Crippen LogP contribution in [0.4, 0.5) is 19.4 Å². The third-order valence-electron chi connectivity index (χ3n) is 1.89. The molecule has 2 rings (SSSR count). The van der Waals surface area contributed by atoms with Crippen LogP contribution in [0.15, 0.2) is 35.5 Å². The van der Waals surface area contributed by atoms with Crippen LogP contribution in [0, 0.1) is 0 Å². The number of fused-ring (bicyclic) bond motifs is 1. The Kier molecular flexibility index (Phi) is 1.69. The fourth-order valence-electron chi connectivity index (χ4n) is 1.18. The van der Waals surface area contributed by atoms with Gasteiger partial charge in [-0.05, 0) is 18.2 Å². The minimum atomic E-state index is -9.62. The molecule has 1 aromatic heterocycles. The summed E-state index contributed by atoms with van der Waals surface area (Å²) in [5.41, 5.74) is -0.0821. The Balaban J connectivity index is 2.75. The smallest absolute Gasteiger partial charge is 0.253 e. The van der Waals surface area contributed by atoms with Gasteiger partial charge in [0.25, 0.3) is 0 Å². The molecule has 0 unspecified atom stereocenters. The molecule has 0 N–H and O–H groups in total. The van der Waals surface area contributed by atoms with Crippen molar-refractivity contribution in [2.45, 2.75) is 4.90 Å². The molecule has 0 fully saturated rings. The van der Waals surface area contributed by atoms with Crippen LogP contribution in [0.1, 0.15) is 0 Å². The molecule has 16 heavy (non-hydrogen) atoms. The van der Waals surface area contributed by atoms with E-state index in [0.717, 1.165) is 12.3 Å². The van der Waals surface area contributed by atoms with Gasteiger partial charge < -0.3 is 0 Å². The highest BCUT2D eigenvalue weighted by Crippen LogP contribution is 3.02. The predicted octanol–water partition coefficient (Wildman–Crippen LogP) is 4.29. The van der Waals surface area contributed by atoms with Crippen LogP contribution in [0.3, 0.4) is 0 Å². The fourth-order valence-corrected chi connectivity index (χ4v) is 1.84. The maximum atomic E-state index is 12.4. The van der Waals surface area contributed by atoms with Gasteiger partial charge in [0.05, 0.1) is 11.0 Å². The third-order valence-corrected chi connectivity index (χ3v) is 3.03. The van der Waals surface area contributed by atoms with Gasteiger partial charge >= 0.3 is 10.2 Å². The van der Waals surface area contributed by atoms with E-state index in [0.29, 0.717) is 12.1 Å². The van der Waals surface area contributed by atoms with Crippen LogP contribution in [-0.4, -0.2) is 9.97 Å². The quantitative estimate of drug-likeness (QED) is 0.711. The van der Waals surface area contributed by atoms with Gasteiger partial charge in [0, 0.05) is 12.4 Å². The molecule has 0 aliphatic heterocycles. The lowest BCUT2D eigenvalue weighted by molar-refractivity contribution is 0.364. The van der Waals surface area contributed by atoms with Crippen molar-refractivity contribution in [1.29, 1.82) is 0 Å². The molecule has 8 heteroatoms. The Bertz CT molecular complexity index is 565. The van der Waals surface area contributed by atoms with Gasteiger partial charge in [-0.15, -0.1) is 0 Å². The van der Waals surface area contributed by atoms with Gasteiger partial charge in [0.2, 0.25) is 0 Å². The van der Waals surface area contributed by atoms with E-state index in [-0.39, 0.29) is 11.0 Å². The monoisotopic (exact) mass is 256 g/mol. The molecular weight excluding hydrogens is 251 g/mol. The van der Waals surface area contributed by atoms with Crippen LogP contribution >= 0.6 is 10.2 Å². The molecule has 0 bridgehead atoms. The Hall–Kier alpha value is -1.44. The molecule has 0 amide bonds. The zero-order valence-electron chi connectivity index (χ0n) is 7.58. The van der Waals surface area contributed by atoms with Crippen LogP contribution in [0.5, 0.6) is 0 Å². The van der Waals surface area contributed by atoms with Crippen molar-refractivity contribution in [3.8, 4) is 0 Å². The molecule has 0 radical (unpaired) electrons. The molecule has 0 aliphatic carbocycles. The Morgan fingerprint density at radius 1 is 0.812 bits per heavy atom. The van der Waals surface area contributed by atoms with Gasteiger partial charge in [-0.1, -0.05) is 19.4 Å². The third kappa shape index (κ3) is 2.06. The molecule has 1 heterocycles. The molecule has 0 spiro atoms. The number of hydrogen-bond acceptors (Lipinski definition) is 2. The van der Waals surface area contributed by atoms with Crippen LogP contribution < -0.4 is 0 Å². The highest BCUT2D eigenvalue weighted by atomic mass is 32.5. The van der Waals surface area contributed by atoms with Gasteiger partial charge in [0.15, 0.2) is 0 Å². The summed E-state index contributed by atoms with van der Waals surface area (Å²) < 4.78 is 62.1. The lowest BCUT2D eigenvalue weighted by atomic mass is 10.3. The van der Waals surface area contributed by atoms with E-state index in [1.807, 2.05) is 0 Å². The maximum Gasteiger partial charge on any atom is 0.310 e. The van der Waals surface area contributed by atoms with E-state index in [4.69, 9.17) is 0 Å². The molecule has 2 nitrogen and oxygen atoms in total. The van der Waals surface area contributed by atoms with Crippen LogP contribution in [0.2, 0.25) is 0 Å². The zero-order chi connectivity index (χ0) is 12.1. The first-order valence-corrected chi connectivity index (χ1v) is 5.96. The molecular formula is C8H5F5N2S. The minimum Gasteiger partial charge on any atom is -0.253 e. The summed E-state index contributed by atoms with van der Waals surface area (Å²) in [6.45, 7) is 0. The summed E-state index contributed by atoms with van der Waals surface area (Å²) in [7, 11) is -9.62. The second-order valence-electron chi connectivity index (χ2n) is 3.18. The summed E-state index contributed by atoms with van der Waals surface area (Å²) in [6.07, 6.45) is 2.40. The lowest BCUT2D eigenvalue weighted by Gasteiger charge is -2.40. The number of rotatable bonds is 1. The van der Waals surface area contributed by atoms with Crippen molar-refractivity contribution in [2.24, 2.45) is 0 Å². The summed E-state index contributed by atoms with van der Waals surface area (Å²) in [5.74, 6) is 0. The van der Waals surface area contributed by atoms with Gasteiger partial charge in [0.1, 0.15) is 4.90 Å². The average Bonchev–Trinajstić information content (AvgIpc) is 2.13. The first-order chi connectivity index (χ1) is 7.06. The topological polar surface area (TPSA) is 25.8 Å². The van der Waals surface area contributed by atoms with Crippen molar-refractivity contribution < 1.29 is 19.4 Å². The van der Waals surface area contributed by atoms with E-state index in [1.165, 1.54) is 6.20 Å². The summed E-state index contributed by atoms with van der Waals surface area (Å²) in [5, 5.41) is 0. The first kappa shape index (κ1) is 11.1. The molecule has 2 aromatic rings. The molecule has 0 atom stereocenters. The van der Waals surface area contributed by atoms with E-state index in [9.17, 15) is 19.4 Å². The molecule has 88 valence electrons. The average molecular weight is 256 g/mol. The van der Waals surface area contributed by atoms with Gasteiger partial charge in [-0.2, -0.15) is 0 Å². The highest BCUT2D eigenvalue weighted by molar-refractivity contribution is 8.45. The van der Waals surface area contributed by atoms with Crippen molar-refractivity contribution >= 4 is 21.3 Å². The van der Waals surface area contributed by atoms with E-state index in [2.05, 4.69) is 9.97 Å². The normalized spacial score (nSPS) is 16.8. The minimum absolute atomic E-state index is 0.133. The first-order valence-electron chi connectivity index (χ1n) is 4.01. The number of aromatic nitrogens is 2. The number of nitrogens with zero attached hydrogens (tertiary/aromatic N) is 2. The molecule has 0 saturated carbocycles. The van der Waals surface area contributed by atoms with Crippen molar-refractivity contribution in [2.75, 3.05) is 0 Å². The molecule has 0 aliphatic rings. The van der Waals surface area contributed by atoms with Crippen molar-refractivity contribution in [1.82, 2.24) is 9.97 Å². The van der Waals surface area contributed by atoms with E-state index < -0.39 is 15.1 Å². The standard InChI is InChI=1S/C8H5F5N2S/c9-16(10,11,12,13)6-1-2-7-8(5-6)15-4-3-14-7/h1-5H. The summed E-state index contributed by atoms with van der Waals surface area (Å²) >= 11 is 0. The van der Waals surface area contributed by atoms with Crippen LogP contribution in [0.25, 0.3) is 11.0 Å². The SMILES string of the molecule is FS(F)(F)(F)(F)c1ccc2nccnc2c1. The second-order valence-corrected chi connectivity index (χ2v) is 5.59. The van der Waals surface area contributed by atoms with Gasteiger partial charge in [-0.3, -0.25) is 9.97 Å². The van der Waals surface area contributed by atoms with Gasteiger partial charge in [-0.25, -0.2) is 0 Å². The molecule has 1 aromatic carbocycles. The highest BCUT2D eigenvalue weighted by Gasteiger charge is 2.65. The molecule has 0 saturated heterocycles. The fraction of sp³-hybridized carbons (Fsp3) is 0. The number of hydrogen-bond donors (Lipinski definition) is 0. The Morgan fingerprint density at radius 2 is 1.38 bits per heavy atom. The van der Waals surface area contributed by atoms with E-state index in [1.54, 1.807) is 0 Å². The van der Waals surface area contributed by atoms with Crippen molar-refractivity contribution in [3.05, 3.63) is 30.6 Å².